The quantitative estimate of drug-likeness (QED) is 0.851. The van der Waals surface area contributed by atoms with Crippen molar-refractivity contribution in [2.45, 2.75) is 26.9 Å². The van der Waals surface area contributed by atoms with Gasteiger partial charge in [-0.15, -0.1) is 0 Å². The zero-order valence-corrected chi connectivity index (χ0v) is 10.9. The fraction of sp³-hybridized carbons (Fsp3) is 0.250. The monoisotopic (exact) mass is 244 g/mol. The van der Waals surface area contributed by atoms with Gasteiger partial charge < -0.3 is 5.11 Å². The minimum Gasteiger partial charge on any atom is -0.384 e. The van der Waals surface area contributed by atoms with Gasteiger partial charge in [-0.1, -0.05) is 24.3 Å². The summed E-state index contributed by atoms with van der Waals surface area (Å²) in [4.78, 5) is 0. The molecular weight excluding hydrogens is 227 g/mol. The van der Waals surface area contributed by atoms with Crippen molar-refractivity contribution < 1.29 is 9.50 Å². The number of hydrogen-bond donors (Lipinski definition) is 1. The van der Waals surface area contributed by atoms with Gasteiger partial charge in [0.05, 0.1) is 0 Å². The molecule has 0 aliphatic rings. The Balaban J connectivity index is 2.51. The molecule has 2 aromatic rings. The van der Waals surface area contributed by atoms with Crippen LogP contribution in [-0.4, -0.2) is 5.11 Å². The highest BCUT2D eigenvalue weighted by Crippen LogP contribution is 2.29. The lowest BCUT2D eigenvalue weighted by atomic mass is 9.91. The largest absolute Gasteiger partial charge is 0.384 e. The van der Waals surface area contributed by atoms with Crippen LogP contribution < -0.4 is 0 Å². The first-order valence-corrected chi connectivity index (χ1v) is 6.01. The van der Waals surface area contributed by atoms with Crippen molar-refractivity contribution in [3.05, 3.63) is 70.0 Å². The van der Waals surface area contributed by atoms with E-state index in [0.29, 0.717) is 0 Å². The van der Waals surface area contributed by atoms with Crippen molar-refractivity contribution in [1.82, 2.24) is 0 Å². The molecule has 0 aliphatic carbocycles. The van der Waals surface area contributed by atoms with Crippen LogP contribution in [0.2, 0.25) is 0 Å². The highest BCUT2D eigenvalue weighted by atomic mass is 19.1. The standard InChI is InChI=1S/C16H17FO/c1-10-5-4-6-11(2)15(10)16(18)14-8-7-13(17)9-12(14)3/h4-9,16,18H,1-3H3. The molecule has 94 valence electrons. The van der Waals surface area contributed by atoms with Gasteiger partial charge in [-0.05, 0) is 60.7 Å². The molecule has 1 unspecified atom stereocenters. The van der Waals surface area contributed by atoms with Gasteiger partial charge in [0.25, 0.3) is 0 Å². The van der Waals surface area contributed by atoms with Gasteiger partial charge in [-0.3, -0.25) is 0 Å². The normalized spacial score (nSPS) is 12.5. The molecule has 0 fully saturated rings. The number of aliphatic hydroxyl groups excluding tert-OH is 1. The molecule has 0 aromatic heterocycles. The van der Waals surface area contributed by atoms with Crippen LogP contribution in [0.25, 0.3) is 0 Å². The van der Waals surface area contributed by atoms with Gasteiger partial charge in [0.2, 0.25) is 0 Å². The average Bonchev–Trinajstić information content (AvgIpc) is 2.28. The molecule has 18 heavy (non-hydrogen) atoms. The van der Waals surface area contributed by atoms with Crippen molar-refractivity contribution in [3.8, 4) is 0 Å². The molecule has 1 N–H and O–H groups in total. The molecule has 0 heterocycles. The molecular formula is C16H17FO. The summed E-state index contributed by atoms with van der Waals surface area (Å²) in [6.07, 6.45) is -0.702. The van der Waals surface area contributed by atoms with Crippen molar-refractivity contribution in [2.24, 2.45) is 0 Å². The molecule has 0 bridgehead atoms. The molecule has 2 heteroatoms. The van der Waals surface area contributed by atoms with Gasteiger partial charge in [0.15, 0.2) is 0 Å². The van der Waals surface area contributed by atoms with Crippen LogP contribution in [0.4, 0.5) is 4.39 Å². The van der Waals surface area contributed by atoms with Gasteiger partial charge >= 0.3 is 0 Å². The zero-order chi connectivity index (χ0) is 13.3. The number of aliphatic hydroxyl groups is 1. The summed E-state index contributed by atoms with van der Waals surface area (Å²) < 4.78 is 13.1. The van der Waals surface area contributed by atoms with E-state index in [1.165, 1.54) is 12.1 Å². The second-order valence-corrected chi connectivity index (χ2v) is 4.71. The van der Waals surface area contributed by atoms with Crippen LogP contribution >= 0.6 is 0 Å². The number of benzene rings is 2. The summed E-state index contributed by atoms with van der Waals surface area (Å²) in [5.74, 6) is -0.273. The van der Waals surface area contributed by atoms with Crippen molar-refractivity contribution >= 4 is 0 Å². The van der Waals surface area contributed by atoms with E-state index >= 15 is 0 Å². The van der Waals surface area contributed by atoms with E-state index in [0.717, 1.165) is 27.8 Å². The lowest BCUT2D eigenvalue weighted by Gasteiger charge is -2.18. The Bertz CT molecular complexity index is 555. The van der Waals surface area contributed by atoms with Crippen LogP contribution in [0.1, 0.15) is 33.9 Å². The second kappa shape index (κ2) is 4.91. The van der Waals surface area contributed by atoms with E-state index in [2.05, 4.69) is 0 Å². The maximum atomic E-state index is 13.1. The van der Waals surface area contributed by atoms with E-state index in [-0.39, 0.29) is 5.82 Å². The molecule has 1 atom stereocenters. The fourth-order valence-electron chi connectivity index (χ4n) is 2.36. The third-order valence-electron chi connectivity index (χ3n) is 3.34. The fourth-order valence-corrected chi connectivity index (χ4v) is 2.36. The van der Waals surface area contributed by atoms with Crippen LogP contribution in [0, 0.1) is 26.6 Å². The maximum Gasteiger partial charge on any atom is 0.123 e. The number of hydrogen-bond acceptors (Lipinski definition) is 1. The van der Waals surface area contributed by atoms with Crippen LogP contribution in [0.5, 0.6) is 0 Å². The highest BCUT2D eigenvalue weighted by Gasteiger charge is 2.17. The molecule has 0 aliphatic heterocycles. The molecule has 0 saturated carbocycles. The van der Waals surface area contributed by atoms with Gasteiger partial charge in [-0.25, -0.2) is 4.39 Å². The Morgan fingerprint density at radius 3 is 2.11 bits per heavy atom. The van der Waals surface area contributed by atoms with Crippen LogP contribution in [-0.2, 0) is 0 Å². The summed E-state index contributed by atoms with van der Waals surface area (Å²) >= 11 is 0. The van der Waals surface area contributed by atoms with Gasteiger partial charge in [0, 0.05) is 0 Å². The molecule has 1 nitrogen and oxygen atoms in total. The Hall–Kier alpha value is -1.67. The molecule has 2 rings (SSSR count). The third-order valence-corrected chi connectivity index (χ3v) is 3.34. The maximum absolute atomic E-state index is 13.1. The first-order chi connectivity index (χ1) is 8.50. The zero-order valence-electron chi connectivity index (χ0n) is 10.9. The lowest BCUT2D eigenvalue weighted by Crippen LogP contribution is -2.06. The number of halogens is 1. The van der Waals surface area contributed by atoms with E-state index in [1.807, 2.05) is 39.0 Å². The molecule has 0 radical (unpaired) electrons. The molecule has 0 spiro atoms. The van der Waals surface area contributed by atoms with Crippen molar-refractivity contribution in [2.75, 3.05) is 0 Å². The Morgan fingerprint density at radius 2 is 1.56 bits per heavy atom. The topological polar surface area (TPSA) is 20.2 Å². The van der Waals surface area contributed by atoms with Crippen molar-refractivity contribution in [3.63, 3.8) is 0 Å². The van der Waals surface area contributed by atoms with E-state index in [9.17, 15) is 9.50 Å². The van der Waals surface area contributed by atoms with E-state index < -0.39 is 6.10 Å². The van der Waals surface area contributed by atoms with Crippen molar-refractivity contribution in [1.29, 1.82) is 0 Å². The Kier molecular flexibility index (Phi) is 3.48. The Labute approximate surface area is 107 Å². The summed E-state index contributed by atoms with van der Waals surface area (Å²) in [6, 6.07) is 10.4. The highest BCUT2D eigenvalue weighted by molar-refractivity contribution is 5.42. The minimum atomic E-state index is -0.702. The van der Waals surface area contributed by atoms with Crippen LogP contribution in [0.15, 0.2) is 36.4 Å². The number of rotatable bonds is 2. The van der Waals surface area contributed by atoms with Crippen LogP contribution in [0.3, 0.4) is 0 Å². The smallest absolute Gasteiger partial charge is 0.123 e. The van der Waals surface area contributed by atoms with E-state index in [1.54, 1.807) is 6.07 Å². The predicted molar refractivity (Wildman–Crippen MR) is 71.1 cm³/mol. The molecule has 2 aromatic carbocycles. The summed E-state index contributed by atoms with van der Waals surface area (Å²) in [5.41, 5.74) is 4.53. The summed E-state index contributed by atoms with van der Waals surface area (Å²) in [5, 5.41) is 10.5. The lowest BCUT2D eigenvalue weighted by molar-refractivity contribution is 0.218. The van der Waals surface area contributed by atoms with Gasteiger partial charge in [0.1, 0.15) is 11.9 Å². The second-order valence-electron chi connectivity index (χ2n) is 4.71. The first-order valence-electron chi connectivity index (χ1n) is 6.01. The Morgan fingerprint density at radius 1 is 0.944 bits per heavy atom. The SMILES string of the molecule is Cc1cc(F)ccc1C(O)c1c(C)cccc1C. The predicted octanol–water partition coefficient (Wildman–Crippen LogP) is 3.83. The molecule has 0 amide bonds. The average molecular weight is 244 g/mol. The number of aryl methyl sites for hydroxylation is 3. The van der Waals surface area contributed by atoms with Gasteiger partial charge in [-0.2, -0.15) is 0 Å². The van der Waals surface area contributed by atoms with E-state index in [4.69, 9.17) is 0 Å². The third kappa shape index (κ3) is 2.29. The summed E-state index contributed by atoms with van der Waals surface area (Å²) in [7, 11) is 0. The first kappa shape index (κ1) is 12.8. The minimum absolute atomic E-state index is 0.273. The summed E-state index contributed by atoms with van der Waals surface area (Å²) in [6.45, 7) is 5.77. The molecule has 0 saturated heterocycles.